The normalized spacial score (nSPS) is 11.5. The Morgan fingerprint density at radius 2 is 2.25 bits per heavy atom. The molecule has 0 aliphatic rings. The van der Waals surface area contributed by atoms with E-state index in [-0.39, 0.29) is 19.6 Å². The summed E-state index contributed by atoms with van der Waals surface area (Å²) in [5.74, 6) is -0.452. The summed E-state index contributed by atoms with van der Waals surface area (Å²) in [6, 6.07) is 0.866. The molecule has 1 aromatic heterocycles. The van der Waals surface area contributed by atoms with E-state index in [9.17, 15) is 18.0 Å². The number of aryl methyl sites for hydroxylation is 1. The van der Waals surface area contributed by atoms with E-state index in [1.165, 1.54) is 6.20 Å². The molecule has 0 N–H and O–H groups in total. The lowest BCUT2D eigenvalue weighted by Gasteiger charge is -2.03. The molecule has 0 aliphatic carbocycles. The molecule has 1 heterocycles. The minimum Gasteiger partial charge on any atom is -0.466 e. The number of carbonyl (C=O) groups excluding carboxylic acids is 1. The molecule has 0 amide bonds. The molecule has 1 rings (SSSR count). The smallest absolute Gasteiger partial charge is 0.435 e. The fraction of sp³-hybridized carbons (Fsp3) is 0.556. The van der Waals surface area contributed by atoms with Gasteiger partial charge in [-0.05, 0) is 13.0 Å². The maximum atomic E-state index is 12.2. The second-order valence-electron chi connectivity index (χ2n) is 3.02. The third-order valence-electron chi connectivity index (χ3n) is 1.78. The fourth-order valence-corrected chi connectivity index (χ4v) is 1.08. The van der Waals surface area contributed by atoms with Crippen molar-refractivity contribution in [2.75, 3.05) is 6.61 Å². The number of hydrogen-bond acceptors (Lipinski definition) is 3. The highest BCUT2D eigenvalue weighted by Crippen LogP contribution is 2.27. The van der Waals surface area contributed by atoms with Gasteiger partial charge in [-0.3, -0.25) is 9.48 Å². The third-order valence-corrected chi connectivity index (χ3v) is 1.78. The number of rotatable bonds is 4. The van der Waals surface area contributed by atoms with Crippen molar-refractivity contribution in [3.05, 3.63) is 18.0 Å². The molecule has 0 bridgehead atoms. The summed E-state index contributed by atoms with van der Waals surface area (Å²) in [5, 5.41) is 3.30. The van der Waals surface area contributed by atoms with Gasteiger partial charge in [-0.1, -0.05) is 0 Å². The lowest BCUT2D eigenvalue weighted by Crippen LogP contribution is -2.11. The molecule has 90 valence electrons. The van der Waals surface area contributed by atoms with Crippen molar-refractivity contribution in [1.29, 1.82) is 0 Å². The number of hydrogen-bond donors (Lipinski definition) is 0. The van der Waals surface area contributed by atoms with E-state index >= 15 is 0 Å². The van der Waals surface area contributed by atoms with Gasteiger partial charge in [0.05, 0.1) is 19.6 Å². The summed E-state index contributed by atoms with van der Waals surface area (Å²) in [6.45, 7) is 1.99. The van der Waals surface area contributed by atoms with Crippen LogP contribution in [-0.2, 0) is 22.3 Å². The molecule has 7 heteroatoms. The van der Waals surface area contributed by atoms with Gasteiger partial charge in [-0.15, -0.1) is 0 Å². The highest BCUT2D eigenvalue weighted by Gasteiger charge is 2.33. The predicted molar refractivity (Wildman–Crippen MR) is 48.5 cm³/mol. The predicted octanol–water partition coefficient (Wildman–Crippen LogP) is 1.86. The average molecular weight is 236 g/mol. The molecule has 0 spiro atoms. The Balaban J connectivity index is 2.50. The van der Waals surface area contributed by atoms with Crippen molar-refractivity contribution >= 4 is 5.97 Å². The topological polar surface area (TPSA) is 44.1 Å². The minimum atomic E-state index is -4.45. The van der Waals surface area contributed by atoms with E-state index in [0.29, 0.717) is 0 Å². The number of carbonyl (C=O) groups is 1. The highest BCUT2D eigenvalue weighted by atomic mass is 19.4. The van der Waals surface area contributed by atoms with Gasteiger partial charge in [-0.2, -0.15) is 18.3 Å². The largest absolute Gasteiger partial charge is 0.466 e. The summed E-state index contributed by atoms with van der Waals surface area (Å²) in [4.78, 5) is 10.9. The van der Waals surface area contributed by atoms with Crippen LogP contribution in [0.2, 0.25) is 0 Å². The first-order valence-corrected chi connectivity index (χ1v) is 4.69. The zero-order valence-electron chi connectivity index (χ0n) is 8.62. The molecule has 0 radical (unpaired) electrons. The monoisotopic (exact) mass is 236 g/mol. The van der Waals surface area contributed by atoms with Crippen LogP contribution in [0.3, 0.4) is 0 Å². The maximum absolute atomic E-state index is 12.2. The van der Waals surface area contributed by atoms with Crippen LogP contribution in [-0.4, -0.2) is 22.4 Å². The highest BCUT2D eigenvalue weighted by molar-refractivity contribution is 5.69. The summed E-state index contributed by atoms with van der Waals surface area (Å²) in [7, 11) is 0. The minimum absolute atomic E-state index is 0.00676. The van der Waals surface area contributed by atoms with Crippen molar-refractivity contribution in [3.63, 3.8) is 0 Å². The zero-order valence-corrected chi connectivity index (χ0v) is 8.62. The van der Waals surface area contributed by atoms with Crippen LogP contribution >= 0.6 is 0 Å². The Morgan fingerprint density at radius 3 is 2.75 bits per heavy atom. The Morgan fingerprint density at radius 1 is 1.56 bits per heavy atom. The van der Waals surface area contributed by atoms with E-state index in [2.05, 4.69) is 9.84 Å². The van der Waals surface area contributed by atoms with Crippen molar-refractivity contribution in [2.45, 2.75) is 26.1 Å². The van der Waals surface area contributed by atoms with Gasteiger partial charge in [0, 0.05) is 6.20 Å². The lowest BCUT2D eigenvalue weighted by atomic mass is 10.4. The Labute approximate surface area is 90.0 Å². The van der Waals surface area contributed by atoms with E-state index in [1.54, 1.807) is 6.92 Å². The standard InChI is InChI=1S/C9H11F3N2O2/c1-2-16-8(15)4-6-14-5-3-7(13-14)9(10,11)12/h3,5H,2,4,6H2,1H3. The third kappa shape index (κ3) is 3.56. The number of halogens is 3. The van der Waals surface area contributed by atoms with Crippen LogP contribution in [0.5, 0.6) is 0 Å². The van der Waals surface area contributed by atoms with Crippen molar-refractivity contribution in [2.24, 2.45) is 0 Å². The van der Waals surface area contributed by atoms with Crippen molar-refractivity contribution in [1.82, 2.24) is 9.78 Å². The quantitative estimate of drug-likeness (QED) is 0.749. The van der Waals surface area contributed by atoms with Gasteiger partial charge in [-0.25, -0.2) is 0 Å². The van der Waals surface area contributed by atoms with Crippen LogP contribution in [0.4, 0.5) is 13.2 Å². The van der Waals surface area contributed by atoms with E-state index in [4.69, 9.17) is 0 Å². The molecular weight excluding hydrogens is 225 g/mol. The molecule has 0 unspecified atom stereocenters. The van der Waals surface area contributed by atoms with Gasteiger partial charge >= 0.3 is 12.1 Å². The molecule has 0 saturated carbocycles. The number of ether oxygens (including phenoxy) is 1. The molecule has 0 saturated heterocycles. The van der Waals surface area contributed by atoms with Crippen LogP contribution in [0, 0.1) is 0 Å². The number of aromatic nitrogens is 2. The molecule has 0 aromatic carbocycles. The fourth-order valence-electron chi connectivity index (χ4n) is 1.08. The summed E-state index contributed by atoms with van der Waals surface area (Å²) < 4.78 is 42.2. The summed E-state index contributed by atoms with van der Waals surface area (Å²) >= 11 is 0. The average Bonchev–Trinajstić information content (AvgIpc) is 2.63. The first-order chi connectivity index (χ1) is 7.43. The molecule has 0 aliphatic heterocycles. The zero-order chi connectivity index (χ0) is 12.2. The van der Waals surface area contributed by atoms with Crippen molar-refractivity contribution in [3.8, 4) is 0 Å². The molecule has 0 atom stereocenters. The van der Waals surface area contributed by atoms with Gasteiger partial charge in [0.15, 0.2) is 5.69 Å². The first kappa shape index (κ1) is 12.5. The second kappa shape index (κ2) is 5.00. The number of alkyl halides is 3. The molecule has 4 nitrogen and oxygen atoms in total. The van der Waals surface area contributed by atoms with Crippen molar-refractivity contribution < 1.29 is 22.7 Å². The number of esters is 1. The lowest BCUT2D eigenvalue weighted by molar-refractivity contribution is -0.143. The Bertz CT molecular complexity index is 360. The maximum Gasteiger partial charge on any atom is 0.435 e. The molecule has 16 heavy (non-hydrogen) atoms. The van der Waals surface area contributed by atoms with Gasteiger partial charge in [0.2, 0.25) is 0 Å². The first-order valence-electron chi connectivity index (χ1n) is 4.69. The number of nitrogens with zero attached hydrogens (tertiary/aromatic N) is 2. The Kier molecular flexibility index (Phi) is 3.92. The van der Waals surface area contributed by atoms with Crippen LogP contribution in [0.1, 0.15) is 19.0 Å². The summed E-state index contributed by atoms with van der Waals surface area (Å²) in [6.07, 6.45) is -3.26. The van der Waals surface area contributed by atoms with Gasteiger partial charge < -0.3 is 4.74 Å². The summed E-state index contributed by atoms with van der Waals surface area (Å²) in [5.41, 5.74) is -0.962. The van der Waals surface area contributed by atoms with Crippen LogP contribution < -0.4 is 0 Å². The van der Waals surface area contributed by atoms with E-state index in [0.717, 1.165) is 10.7 Å². The van der Waals surface area contributed by atoms with Crippen LogP contribution in [0.25, 0.3) is 0 Å². The Hall–Kier alpha value is -1.53. The van der Waals surface area contributed by atoms with E-state index in [1.807, 2.05) is 0 Å². The van der Waals surface area contributed by atoms with E-state index < -0.39 is 17.8 Å². The van der Waals surface area contributed by atoms with Gasteiger partial charge in [0.1, 0.15) is 0 Å². The van der Waals surface area contributed by atoms with Crippen LogP contribution in [0.15, 0.2) is 12.3 Å². The molecule has 1 aromatic rings. The second-order valence-corrected chi connectivity index (χ2v) is 3.02. The molecule has 0 fully saturated rings. The van der Waals surface area contributed by atoms with Gasteiger partial charge in [0.25, 0.3) is 0 Å². The molecular formula is C9H11F3N2O2. The SMILES string of the molecule is CCOC(=O)CCn1ccc(C(F)(F)F)n1.